The lowest BCUT2D eigenvalue weighted by molar-refractivity contribution is -0.119. The molecule has 5 aliphatic rings. The van der Waals surface area contributed by atoms with Gasteiger partial charge in [0.15, 0.2) is 5.16 Å². The lowest BCUT2D eigenvalue weighted by Gasteiger charge is -2.56. The van der Waals surface area contributed by atoms with Gasteiger partial charge in [-0.25, -0.2) is 4.79 Å². The van der Waals surface area contributed by atoms with Crippen molar-refractivity contribution >= 4 is 23.7 Å². The normalized spacial score (nSPS) is 33.5. The Morgan fingerprint density at radius 3 is 2.31 bits per heavy atom. The van der Waals surface area contributed by atoms with E-state index in [-0.39, 0.29) is 17.5 Å². The van der Waals surface area contributed by atoms with Gasteiger partial charge in [0, 0.05) is 18.0 Å². The Morgan fingerprint density at radius 1 is 1.14 bits per heavy atom. The van der Waals surface area contributed by atoms with E-state index in [1.54, 1.807) is 0 Å². The SMILES string of the molecule is CCn1c(S[C@H](C)C(=O)NC(=O)NC23CC4CC(CC(C4)C2)C3)nnc1C1CC1. The molecule has 1 atom stereocenters. The summed E-state index contributed by atoms with van der Waals surface area (Å²) in [5.74, 6) is 3.55. The molecule has 6 rings (SSSR count). The number of rotatable bonds is 6. The zero-order valence-electron chi connectivity index (χ0n) is 17.3. The predicted molar refractivity (Wildman–Crippen MR) is 111 cm³/mol. The van der Waals surface area contributed by atoms with Gasteiger partial charge in [0.05, 0.1) is 5.25 Å². The molecule has 1 aromatic rings. The lowest BCUT2D eigenvalue weighted by atomic mass is 9.53. The minimum absolute atomic E-state index is 0.0863. The second-order valence-corrected chi connectivity index (χ2v) is 11.1. The van der Waals surface area contributed by atoms with Gasteiger partial charge in [0.2, 0.25) is 5.91 Å². The van der Waals surface area contributed by atoms with Crippen molar-refractivity contribution in [1.82, 2.24) is 25.4 Å². The van der Waals surface area contributed by atoms with E-state index < -0.39 is 5.25 Å². The summed E-state index contributed by atoms with van der Waals surface area (Å²) in [5, 5.41) is 14.8. The minimum Gasteiger partial charge on any atom is -0.332 e. The van der Waals surface area contributed by atoms with E-state index in [1.165, 1.54) is 43.9 Å². The molecule has 0 aromatic carbocycles. The first-order valence-electron chi connectivity index (χ1n) is 11.2. The number of thioether (sulfide) groups is 1. The Hall–Kier alpha value is -1.57. The van der Waals surface area contributed by atoms with E-state index in [4.69, 9.17) is 0 Å². The molecule has 0 radical (unpaired) electrons. The summed E-state index contributed by atoms with van der Waals surface area (Å²) in [6.45, 7) is 4.69. The first-order chi connectivity index (χ1) is 13.9. The largest absolute Gasteiger partial charge is 0.332 e. The summed E-state index contributed by atoms with van der Waals surface area (Å²) in [6.07, 6.45) is 9.56. The number of hydrogen-bond acceptors (Lipinski definition) is 5. The number of carbonyl (C=O) groups excluding carboxylic acids is 2. The van der Waals surface area contributed by atoms with Crippen LogP contribution in [0.1, 0.15) is 77.0 Å². The van der Waals surface area contributed by atoms with Gasteiger partial charge in [0.1, 0.15) is 5.82 Å². The topological polar surface area (TPSA) is 88.9 Å². The van der Waals surface area contributed by atoms with Crippen LogP contribution in [0.3, 0.4) is 0 Å². The van der Waals surface area contributed by atoms with E-state index in [1.807, 2.05) is 6.92 Å². The number of imide groups is 1. The lowest BCUT2D eigenvalue weighted by Crippen LogP contribution is -2.62. The molecule has 29 heavy (non-hydrogen) atoms. The van der Waals surface area contributed by atoms with Crippen molar-refractivity contribution in [1.29, 1.82) is 0 Å². The van der Waals surface area contributed by atoms with Crippen molar-refractivity contribution in [2.24, 2.45) is 17.8 Å². The molecule has 0 saturated heterocycles. The van der Waals surface area contributed by atoms with Crippen molar-refractivity contribution in [3.05, 3.63) is 5.82 Å². The molecule has 2 N–H and O–H groups in total. The minimum atomic E-state index is -0.404. The van der Waals surface area contributed by atoms with Crippen LogP contribution in [0.5, 0.6) is 0 Å². The van der Waals surface area contributed by atoms with Gasteiger partial charge in [-0.05, 0) is 83.0 Å². The molecule has 4 bridgehead atoms. The van der Waals surface area contributed by atoms with E-state index in [2.05, 4.69) is 32.3 Å². The fraction of sp³-hybridized carbons (Fsp3) is 0.810. The standard InChI is InChI=1S/C21H31N5O2S/c1-3-26-17(16-4-5-16)24-25-20(26)29-12(2)18(27)22-19(28)23-21-9-13-6-14(10-21)8-15(7-13)11-21/h12-16H,3-11H2,1-2H3,(H2,22,23,27,28)/t12-,13?,14?,15?,21?/m1/s1. The van der Waals surface area contributed by atoms with Crippen LogP contribution >= 0.6 is 11.8 Å². The quantitative estimate of drug-likeness (QED) is 0.692. The Balaban J connectivity index is 1.18. The molecule has 5 saturated carbocycles. The van der Waals surface area contributed by atoms with Crippen LogP contribution in [0.15, 0.2) is 5.16 Å². The summed E-state index contributed by atoms with van der Waals surface area (Å²) >= 11 is 1.38. The fourth-order valence-electron chi connectivity index (χ4n) is 6.29. The van der Waals surface area contributed by atoms with Crippen molar-refractivity contribution in [2.45, 2.75) is 93.6 Å². The van der Waals surface area contributed by atoms with Gasteiger partial charge in [0.25, 0.3) is 0 Å². The van der Waals surface area contributed by atoms with Gasteiger partial charge in [-0.1, -0.05) is 11.8 Å². The molecule has 7 nitrogen and oxygen atoms in total. The zero-order chi connectivity index (χ0) is 20.2. The molecule has 0 spiro atoms. The van der Waals surface area contributed by atoms with E-state index in [0.717, 1.165) is 54.5 Å². The number of amides is 3. The number of carbonyl (C=O) groups is 2. The van der Waals surface area contributed by atoms with E-state index >= 15 is 0 Å². The number of nitrogens with one attached hydrogen (secondary N) is 2. The summed E-state index contributed by atoms with van der Waals surface area (Å²) in [7, 11) is 0. The Kier molecular flexibility index (Phi) is 4.87. The molecular weight excluding hydrogens is 386 g/mol. The van der Waals surface area contributed by atoms with Gasteiger partial charge >= 0.3 is 6.03 Å². The third kappa shape index (κ3) is 3.80. The molecule has 5 aliphatic carbocycles. The number of urea groups is 1. The molecule has 8 heteroatoms. The highest BCUT2D eigenvalue weighted by Crippen LogP contribution is 2.55. The van der Waals surface area contributed by atoms with Crippen molar-refractivity contribution in [3.63, 3.8) is 0 Å². The molecule has 1 aromatic heterocycles. The second-order valence-electron chi connectivity index (χ2n) is 9.76. The van der Waals surface area contributed by atoms with Gasteiger partial charge < -0.3 is 9.88 Å². The predicted octanol–water partition coefficient (Wildman–Crippen LogP) is 3.45. The average Bonchev–Trinajstić information content (AvgIpc) is 3.40. The maximum Gasteiger partial charge on any atom is 0.321 e. The van der Waals surface area contributed by atoms with Crippen LogP contribution in [-0.4, -0.2) is 37.5 Å². The summed E-state index contributed by atoms with van der Waals surface area (Å²) in [6, 6.07) is -0.333. The highest BCUT2D eigenvalue weighted by molar-refractivity contribution is 8.00. The Labute approximate surface area is 176 Å². The summed E-state index contributed by atoms with van der Waals surface area (Å²) in [5.41, 5.74) is -0.0863. The summed E-state index contributed by atoms with van der Waals surface area (Å²) < 4.78 is 2.10. The van der Waals surface area contributed by atoms with Gasteiger partial charge in [-0.15, -0.1) is 10.2 Å². The molecule has 158 valence electrons. The van der Waals surface area contributed by atoms with E-state index in [9.17, 15) is 9.59 Å². The van der Waals surface area contributed by atoms with Crippen LogP contribution in [0, 0.1) is 17.8 Å². The Bertz CT molecular complexity index is 783. The number of hydrogen-bond donors (Lipinski definition) is 2. The molecular formula is C21H31N5O2S. The van der Waals surface area contributed by atoms with Crippen LogP contribution in [0.25, 0.3) is 0 Å². The third-order valence-corrected chi connectivity index (χ3v) is 8.39. The van der Waals surface area contributed by atoms with Gasteiger partial charge in [-0.3, -0.25) is 10.1 Å². The fourth-order valence-corrected chi connectivity index (χ4v) is 7.21. The number of aromatic nitrogens is 3. The average molecular weight is 418 g/mol. The van der Waals surface area contributed by atoms with Crippen LogP contribution in [-0.2, 0) is 11.3 Å². The first kappa shape index (κ1) is 19.4. The maximum atomic E-state index is 12.6. The van der Waals surface area contributed by atoms with Crippen molar-refractivity contribution in [3.8, 4) is 0 Å². The summed E-state index contributed by atoms with van der Waals surface area (Å²) in [4.78, 5) is 25.3. The van der Waals surface area contributed by atoms with E-state index in [0.29, 0.717) is 5.92 Å². The first-order valence-corrected chi connectivity index (χ1v) is 12.1. The Morgan fingerprint density at radius 2 is 1.76 bits per heavy atom. The second kappa shape index (κ2) is 7.29. The molecule has 1 heterocycles. The van der Waals surface area contributed by atoms with Crippen LogP contribution < -0.4 is 10.6 Å². The number of nitrogens with zero attached hydrogens (tertiary/aromatic N) is 3. The highest BCUT2D eigenvalue weighted by atomic mass is 32.2. The monoisotopic (exact) mass is 417 g/mol. The molecule has 5 fully saturated rings. The highest BCUT2D eigenvalue weighted by Gasteiger charge is 2.51. The zero-order valence-corrected chi connectivity index (χ0v) is 18.1. The van der Waals surface area contributed by atoms with Crippen LogP contribution in [0.4, 0.5) is 4.79 Å². The molecule has 0 unspecified atom stereocenters. The van der Waals surface area contributed by atoms with Gasteiger partial charge in [-0.2, -0.15) is 0 Å². The molecule has 3 amide bonds. The third-order valence-electron chi connectivity index (χ3n) is 7.31. The van der Waals surface area contributed by atoms with Crippen molar-refractivity contribution < 1.29 is 9.59 Å². The van der Waals surface area contributed by atoms with Crippen LogP contribution in [0.2, 0.25) is 0 Å². The smallest absolute Gasteiger partial charge is 0.321 e. The molecule has 0 aliphatic heterocycles. The van der Waals surface area contributed by atoms with Crippen molar-refractivity contribution in [2.75, 3.05) is 0 Å². The maximum absolute atomic E-state index is 12.6.